The van der Waals surface area contributed by atoms with E-state index in [1.165, 1.54) is 47.4 Å². The third-order valence-corrected chi connectivity index (χ3v) is 7.10. The van der Waals surface area contributed by atoms with Gasteiger partial charge >= 0.3 is 0 Å². The smallest absolute Gasteiger partial charge is 0.272 e. The van der Waals surface area contributed by atoms with Gasteiger partial charge in [0.25, 0.3) is 11.8 Å². The number of rotatable bonds is 9. The summed E-state index contributed by atoms with van der Waals surface area (Å²) in [7, 11) is 0. The van der Waals surface area contributed by atoms with Crippen LogP contribution in [0.1, 0.15) is 22.8 Å². The number of thiophene rings is 1. The summed E-state index contributed by atoms with van der Waals surface area (Å²) in [4.78, 5) is 39.1. The molecule has 1 aromatic heterocycles. The fraction of sp³-hybridized carbons (Fsp3) is 0.0690. The molecule has 0 bridgehead atoms. The third-order valence-electron chi connectivity index (χ3n) is 5.29. The van der Waals surface area contributed by atoms with Gasteiger partial charge < -0.3 is 16.0 Å². The van der Waals surface area contributed by atoms with Crippen LogP contribution in [-0.4, -0.2) is 23.0 Å². The van der Waals surface area contributed by atoms with E-state index in [1.54, 1.807) is 61.5 Å². The van der Waals surface area contributed by atoms with Gasteiger partial charge in [-0.25, -0.2) is 4.39 Å². The van der Waals surface area contributed by atoms with Crippen LogP contribution in [0.3, 0.4) is 0 Å². The summed E-state index contributed by atoms with van der Waals surface area (Å²) in [6.45, 7) is 1.77. The van der Waals surface area contributed by atoms with Crippen LogP contribution in [0.2, 0.25) is 0 Å². The van der Waals surface area contributed by atoms with Gasteiger partial charge in [-0.05, 0) is 96.1 Å². The van der Waals surface area contributed by atoms with Crippen molar-refractivity contribution in [3.05, 3.63) is 118 Å². The number of carbonyl (C=O) groups is 3. The van der Waals surface area contributed by atoms with Crippen LogP contribution < -0.4 is 16.0 Å². The van der Waals surface area contributed by atoms with E-state index >= 15 is 0 Å². The highest BCUT2D eigenvalue weighted by Gasteiger charge is 2.17. The Morgan fingerprint density at radius 2 is 1.53 bits per heavy atom. The highest BCUT2D eigenvalue weighted by atomic mass is 32.2. The first-order valence-electron chi connectivity index (χ1n) is 11.6. The predicted octanol–water partition coefficient (Wildman–Crippen LogP) is 6.42. The Labute approximate surface area is 228 Å². The number of halogens is 1. The number of carbonyl (C=O) groups excluding carboxylic acids is 3. The second kappa shape index (κ2) is 12.8. The van der Waals surface area contributed by atoms with Crippen molar-refractivity contribution in [2.24, 2.45) is 0 Å². The molecule has 192 valence electrons. The van der Waals surface area contributed by atoms with Gasteiger partial charge in [-0.1, -0.05) is 18.2 Å². The lowest BCUT2D eigenvalue weighted by Gasteiger charge is -2.13. The summed E-state index contributed by atoms with van der Waals surface area (Å²) in [5.74, 6) is -1.43. The molecule has 0 radical (unpaired) electrons. The minimum Gasteiger partial charge on any atom is -0.325 e. The molecule has 0 fully saturated rings. The van der Waals surface area contributed by atoms with E-state index < -0.39 is 11.2 Å². The first-order chi connectivity index (χ1) is 18.4. The topological polar surface area (TPSA) is 87.3 Å². The first-order valence-corrected chi connectivity index (χ1v) is 13.4. The second-order valence-corrected chi connectivity index (χ2v) is 10.4. The summed E-state index contributed by atoms with van der Waals surface area (Å²) in [5, 5.41) is 11.6. The van der Waals surface area contributed by atoms with Crippen LogP contribution in [0.4, 0.5) is 15.8 Å². The van der Waals surface area contributed by atoms with Crippen LogP contribution in [0.5, 0.6) is 0 Å². The number of hydrogen-bond donors (Lipinski definition) is 3. The molecule has 4 rings (SSSR count). The zero-order valence-electron chi connectivity index (χ0n) is 20.3. The average molecular weight is 546 g/mol. The number of hydrogen-bond acceptors (Lipinski definition) is 5. The van der Waals surface area contributed by atoms with Gasteiger partial charge in [0.15, 0.2) is 0 Å². The highest BCUT2D eigenvalue weighted by molar-refractivity contribution is 8.00. The van der Waals surface area contributed by atoms with E-state index in [-0.39, 0.29) is 23.3 Å². The maximum Gasteiger partial charge on any atom is 0.272 e. The quantitative estimate of drug-likeness (QED) is 0.167. The molecule has 1 unspecified atom stereocenters. The van der Waals surface area contributed by atoms with Crippen molar-refractivity contribution >= 4 is 58.3 Å². The van der Waals surface area contributed by atoms with E-state index in [0.717, 1.165) is 10.5 Å². The van der Waals surface area contributed by atoms with Crippen LogP contribution in [0.15, 0.2) is 106 Å². The molecule has 1 heterocycles. The molecule has 9 heteroatoms. The molecule has 38 heavy (non-hydrogen) atoms. The van der Waals surface area contributed by atoms with Gasteiger partial charge in [0.05, 0.1) is 5.25 Å². The van der Waals surface area contributed by atoms with Crippen LogP contribution in [0.25, 0.3) is 6.08 Å². The molecule has 0 aliphatic carbocycles. The van der Waals surface area contributed by atoms with E-state index in [0.29, 0.717) is 16.9 Å². The van der Waals surface area contributed by atoms with Gasteiger partial charge in [0.2, 0.25) is 5.91 Å². The van der Waals surface area contributed by atoms with Gasteiger partial charge in [-0.15, -0.1) is 11.8 Å². The molecular weight excluding hydrogens is 521 g/mol. The maximum atomic E-state index is 13.1. The van der Waals surface area contributed by atoms with Gasteiger partial charge in [-0.2, -0.15) is 11.3 Å². The number of amides is 3. The lowest BCUT2D eigenvalue weighted by atomic mass is 10.2. The molecule has 3 N–H and O–H groups in total. The molecular formula is C29H24FN3O3S2. The molecule has 3 aromatic carbocycles. The summed E-state index contributed by atoms with van der Waals surface area (Å²) in [6.07, 6.45) is 1.62. The monoisotopic (exact) mass is 545 g/mol. The third kappa shape index (κ3) is 7.64. The van der Waals surface area contributed by atoms with Crippen molar-refractivity contribution < 1.29 is 18.8 Å². The van der Waals surface area contributed by atoms with Crippen molar-refractivity contribution in [3.8, 4) is 0 Å². The Bertz CT molecular complexity index is 1420. The van der Waals surface area contributed by atoms with E-state index in [9.17, 15) is 18.8 Å². The van der Waals surface area contributed by atoms with Gasteiger partial charge in [0, 0.05) is 21.8 Å². The zero-order chi connectivity index (χ0) is 26.9. The summed E-state index contributed by atoms with van der Waals surface area (Å²) < 4.78 is 13.1. The molecule has 1 atom stereocenters. The lowest BCUT2D eigenvalue weighted by molar-refractivity contribution is -0.115. The Hall–Kier alpha value is -4.21. The second-order valence-electron chi connectivity index (χ2n) is 8.17. The molecule has 6 nitrogen and oxygen atoms in total. The largest absolute Gasteiger partial charge is 0.325 e. The molecule has 4 aromatic rings. The lowest BCUT2D eigenvalue weighted by Crippen LogP contribution is -2.30. The Morgan fingerprint density at radius 1 is 0.868 bits per heavy atom. The minimum atomic E-state index is -0.465. The fourth-order valence-corrected chi connectivity index (χ4v) is 4.80. The van der Waals surface area contributed by atoms with Crippen molar-refractivity contribution in [1.29, 1.82) is 0 Å². The molecule has 0 aliphatic heterocycles. The standard InChI is InChI=1S/C29H24FN3O3S2/c1-19(27(34)31-23-9-7-22(30)8-10-23)38-25-13-11-24(12-14-25)32-29(36)26(17-20-15-16-37-18-20)33-28(35)21-5-3-2-4-6-21/h2-19H,1H3,(H,31,34)(H,32,36)(H,33,35)/b26-17-. The molecule has 3 amide bonds. The molecule has 0 aliphatic rings. The van der Waals surface area contributed by atoms with Crippen LogP contribution >= 0.6 is 23.1 Å². The molecule has 0 saturated heterocycles. The summed E-state index contributed by atoms with van der Waals surface area (Å²) >= 11 is 2.84. The molecule has 0 spiro atoms. The normalized spacial score (nSPS) is 11.9. The van der Waals surface area contributed by atoms with Crippen molar-refractivity contribution in [2.75, 3.05) is 10.6 Å². The van der Waals surface area contributed by atoms with E-state index in [1.807, 2.05) is 22.9 Å². The van der Waals surface area contributed by atoms with Crippen LogP contribution in [-0.2, 0) is 9.59 Å². The van der Waals surface area contributed by atoms with Crippen molar-refractivity contribution in [3.63, 3.8) is 0 Å². The summed E-state index contributed by atoms with van der Waals surface area (Å²) in [6, 6.07) is 23.2. The Kier molecular flexibility index (Phi) is 9.07. The first kappa shape index (κ1) is 26.8. The number of thioether (sulfide) groups is 1. The zero-order valence-corrected chi connectivity index (χ0v) is 21.9. The Balaban J connectivity index is 1.39. The molecule has 0 saturated carbocycles. The minimum absolute atomic E-state index is 0.113. The summed E-state index contributed by atoms with van der Waals surface area (Å²) in [5.41, 5.74) is 2.41. The van der Waals surface area contributed by atoms with Gasteiger partial charge in [-0.3, -0.25) is 14.4 Å². The number of benzene rings is 3. The average Bonchev–Trinajstić information content (AvgIpc) is 3.44. The van der Waals surface area contributed by atoms with Crippen LogP contribution in [0, 0.1) is 5.82 Å². The SMILES string of the molecule is CC(Sc1ccc(NC(=O)/C(=C/c2ccsc2)NC(=O)c2ccccc2)cc1)C(=O)Nc1ccc(F)cc1. The van der Waals surface area contributed by atoms with Crippen molar-refractivity contribution in [1.82, 2.24) is 5.32 Å². The predicted molar refractivity (Wildman–Crippen MR) is 152 cm³/mol. The van der Waals surface area contributed by atoms with E-state index in [2.05, 4.69) is 16.0 Å². The fourth-order valence-electron chi connectivity index (χ4n) is 3.32. The van der Waals surface area contributed by atoms with E-state index in [4.69, 9.17) is 0 Å². The highest BCUT2D eigenvalue weighted by Crippen LogP contribution is 2.26. The maximum absolute atomic E-state index is 13.1. The Morgan fingerprint density at radius 3 is 2.18 bits per heavy atom. The number of nitrogens with one attached hydrogen (secondary N) is 3. The number of anilines is 2. The van der Waals surface area contributed by atoms with Gasteiger partial charge in [0.1, 0.15) is 11.5 Å². The van der Waals surface area contributed by atoms with Crippen molar-refractivity contribution in [2.45, 2.75) is 17.1 Å².